The van der Waals surface area contributed by atoms with Crippen molar-refractivity contribution in [1.82, 2.24) is 10.3 Å². The maximum absolute atomic E-state index is 5.98. The standard InChI is InChI=1S/C19H18N6/c20-18-17(16-5-2-1-4-14(16)12-23-18)25-24-15-8-6-13(7-9-15)19-21-10-3-11-22-19/h1-2,4-9,12H,3,10-11H2,(H2,20,23)(H,21,22). The first-order valence-electron chi connectivity index (χ1n) is 8.25. The lowest BCUT2D eigenvalue weighted by Crippen LogP contribution is -2.29. The van der Waals surface area contributed by atoms with E-state index in [1.54, 1.807) is 6.20 Å². The van der Waals surface area contributed by atoms with Gasteiger partial charge in [0.1, 0.15) is 11.5 Å². The number of aliphatic imine (C=N–C) groups is 1. The van der Waals surface area contributed by atoms with E-state index in [0.717, 1.165) is 47.4 Å². The Hall–Kier alpha value is -3.28. The van der Waals surface area contributed by atoms with Crippen molar-refractivity contribution in [2.45, 2.75) is 6.42 Å². The summed E-state index contributed by atoms with van der Waals surface area (Å²) >= 11 is 0. The van der Waals surface area contributed by atoms with E-state index in [-0.39, 0.29) is 0 Å². The van der Waals surface area contributed by atoms with Crippen molar-refractivity contribution >= 4 is 33.8 Å². The Morgan fingerprint density at radius 2 is 1.84 bits per heavy atom. The molecule has 0 fully saturated rings. The van der Waals surface area contributed by atoms with Gasteiger partial charge in [-0.2, -0.15) is 5.11 Å². The quantitative estimate of drug-likeness (QED) is 0.712. The number of nitrogen functional groups attached to an aromatic ring is 1. The summed E-state index contributed by atoms with van der Waals surface area (Å²) in [6.07, 6.45) is 2.83. The number of hydrogen-bond acceptors (Lipinski definition) is 6. The number of nitrogens with one attached hydrogen (secondary N) is 1. The smallest absolute Gasteiger partial charge is 0.151 e. The lowest BCUT2D eigenvalue weighted by Gasteiger charge is -2.14. The Kier molecular flexibility index (Phi) is 4.08. The largest absolute Gasteiger partial charge is 0.382 e. The zero-order valence-corrected chi connectivity index (χ0v) is 13.7. The van der Waals surface area contributed by atoms with Crippen molar-refractivity contribution < 1.29 is 0 Å². The summed E-state index contributed by atoms with van der Waals surface area (Å²) in [6, 6.07) is 15.7. The molecule has 2 heterocycles. The third-order valence-corrected chi connectivity index (χ3v) is 4.10. The summed E-state index contributed by atoms with van der Waals surface area (Å²) in [4.78, 5) is 8.69. The van der Waals surface area contributed by atoms with Gasteiger partial charge in [0.05, 0.1) is 5.69 Å². The maximum atomic E-state index is 5.98. The predicted molar refractivity (Wildman–Crippen MR) is 101 cm³/mol. The molecule has 0 unspecified atom stereocenters. The van der Waals surface area contributed by atoms with Gasteiger partial charge in [0, 0.05) is 35.6 Å². The lowest BCUT2D eigenvalue weighted by atomic mass is 10.1. The van der Waals surface area contributed by atoms with E-state index in [0.29, 0.717) is 11.5 Å². The number of hydrogen-bond donors (Lipinski definition) is 2. The predicted octanol–water partition coefficient (Wildman–Crippen LogP) is 3.97. The minimum Gasteiger partial charge on any atom is -0.382 e. The van der Waals surface area contributed by atoms with Crippen LogP contribution in [0.1, 0.15) is 12.0 Å². The van der Waals surface area contributed by atoms with Crippen LogP contribution in [0.25, 0.3) is 10.8 Å². The van der Waals surface area contributed by atoms with Gasteiger partial charge >= 0.3 is 0 Å². The zero-order chi connectivity index (χ0) is 17.1. The first kappa shape index (κ1) is 15.3. The Bertz CT molecular complexity index is 959. The van der Waals surface area contributed by atoms with E-state index in [9.17, 15) is 0 Å². The van der Waals surface area contributed by atoms with Gasteiger partial charge in [0.25, 0.3) is 0 Å². The molecule has 4 rings (SSSR count). The van der Waals surface area contributed by atoms with Gasteiger partial charge in [0.15, 0.2) is 5.82 Å². The summed E-state index contributed by atoms with van der Waals surface area (Å²) in [5.41, 5.74) is 8.40. The van der Waals surface area contributed by atoms with Crippen LogP contribution in [0.3, 0.4) is 0 Å². The van der Waals surface area contributed by atoms with Gasteiger partial charge in [-0.05, 0) is 30.7 Å². The Labute approximate surface area is 145 Å². The van der Waals surface area contributed by atoms with Crippen LogP contribution in [0.4, 0.5) is 17.2 Å². The van der Waals surface area contributed by atoms with E-state index in [1.165, 1.54) is 0 Å². The third-order valence-electron chi connectivity index (χ3n) is 4.10. The van der Waals surface area contributed by atoms with Gasteiger partial charge in [-0.1, -0.05) is 24.3 Å². The highest BCUT2D eigenvalue weighted by Gasteiger charge is 2.07. The number of benzene rings is 2. The molecule has 1 aliphatic rings. The average Bonchev–Trinajstić information content (AvgIpc) is 2.68. The second-order valence-corrected chi connectivity index (χ2v) is 5.84. The van der Waals surface area contributed by atoms with Crippen molar-refractivity contribution in [1.29, 1.82) is 0 Å². The van der Waals surface area contributed by atoms with Crippen molar-refractivity contribution in [2.75, 3.05) is 18.8 Å². The summed E-state index contributed by atoms with van der Waals surface area (Å²) < 4.78 is 0. The van der Waals surface area contributed by atoms with Crippen LogP contribution in [0, 0.1) is 0 Å². The Morgan fingerprint density at radius 1 is 1.00 bits per heavy atom. The molecule has 6 nitrogen and oxygen atoms in total. The molecule has 2 aromatic carbocycles. The SMILES string of the molecule is Nc1ncc2ccccc2c1N=Nc1ccc(C2=NCCCN2)cc1. The van der Waals surface area contributed by atoms with Gasteiger partial charge in [-0.3, -0.25) is 4.99 Å². The number of pyridine rings is 1. The summed E-state index contributed by atoms with van der Waals surface area (Å²) in [7, 11) is 0. The van der Waals surface area contributed by atoms with E-state index >= 15 is 0 Å². The van der Waals surface area contributed by atoms with Crippen LogP contribution >= 0.6 is 0 Å². The first-order chi connectivity index (χ1) is 12.3. The second-order valence-electron chi connectivity index (χ2n) is 5.84. The number of nitrogens with zero attached hydrogens (tertiary/aromatic N) is 4. The molecule has 1 aromatic heterocycles. The van der Waals surface area contributed by atoms with Gasteiger partial charge in [-0.25, -0.2) is 4.98 Å². The van der Waals surface area contributed by atoms with E-state index in [4.69, 9.17) is 5.73 Å². The number of fused-ring (bicyclic) bond motifs is 1. The minimum atomic E-state index is 0.375. The van der Waals surface area contributed by atoms with E-state index in [1.807, 2.05) is 48.5 Å². The number of nitrogens with two attached hydrogens (primary N) is 1. The fraction of sp³-hybridized carbons (Fsp3) is 0.158. The molecule has 0 aliphatic carbocycles. The number of anilines is 1. The van der Waals surface area contributed by atoms with Crippen LogP contribution in [0.5, 0.6) is 0 Å². The maximum Gasteiger partial charge on any atom is 0.151 e. The monoisotopic (exact) mass is 330 g/mol. The van der Waals surface area contributed by atoms with Crippen LogP contribution < -0.4 is 11.1 Å². The molecule has 0 saturated carbocycles. The molecule has 0 atom stereocenters. The molecule has 3 N–H and O–H groups in total. The molecular formula is C19H18N6. The van der Waals surface area contributed by atoms with Gasteiger partial charge in [0.2, 0.25) is 0 Å². The summed E-state index contributed by atoms with van der Waals surface area (Å²) in [5.74, 6) is 1.32. The summed E-state index contributed by atoms with van der Waals surface area (Å²) in [6.45, 7) is 1.84. The molecule has 0 bridgehead atoms. The highest BCUT2D eigenvalue weighted by atomic mass is 15.1. The number of rotatable bonds is 3. The fourth-order valence-electron chi connectivity index (χ4n) is 2.79. The third kappa shape index (κ3) is 3.19. The minimum absolute atomic E-state index is 0.375. The molecule has 25 heavy (non-hydrogen) atoms. The first-order valence-corrected chi connectivity index (χ1v) is 8.25. The molecule has 124 valence electrons. The van der Waals surface area contributed by atoms with E-state index < -0.39 is 0 Å². The normalized spacial score (nSPS) is 14.5. The lowest BCUT2D eigenvalue weighted by molar-refractivity contribution is 0.742. The van der Waals surface area contributed by atoms with Gasteiger partial charge < -0.3 is 11.1 Å². The highest BCUT2D eigenvalue weighted by molar-refractivity contribution is 5.99. The molecule has 0 spiro atoms. The molecule has 6 heteroatoms. The summed E-state index contributed by atoms with van der Waals surface area (Å²) in [5, 5.41) is 13.9. The highest BCUT2D eigenvalue weighted by Crippen LogP contribution is 2.31. The van der Waals surface area contributed by atoms with Crippen molar-refractivity contribution in [3.05, 3.63) is 60.3 Å². The van der Waals surface area contributed by atoms with Gasteiger partial charge in [-0.15, -0.1) is 5.11 Å². The topological polar surface area (TPSA) is 88.0 Å². The van der Waals surface area contributed by atoms with E-state index in [2.05, 4.69) is 25.5 Å². The van der Waals surface area contributed by atoms with Crippen molar-refractivity contribution in [3.8, 4) is 0 Å². The fourth-order valence-corrected chi connectivity index (χ4v) is 2.79. The molecular weight excluding hydrogens is 312 g/mol. The zero-order valence-electron chi connectivity index (χ0n) is 13.7. The number of azo groups is 1. The van der Waals surface area contributed by atoms with Crippen LogP contribution in [-0.2, 0) is 0 Å². The molecule has 1 aliphatic heterocycles. The average molecular weight is 330 g/mol. The van der Waals surface area contributed by atoms with Crippen molar-refractivity contribution in [3.63, 3.8) is 0 Å². The van der Waals surface area contributed by atoms with Crippen molar-refractivity contribution in [2.24, 2.45) is 15.2 Å². The Morgan fingerprint density at radius 3 is 2.64 bits per heavy atom. The molecule has 3 aromatic rings. The Balaban J connectivity index is 1.62. The second kappa shape index (κ2) is 6.68. The van der Waals surface area contributed by atoms with Crippen LogP contribution in [-0.4, -0.2) is 23.9 Å². The van der Waals surface area contributed by atoms with Crippen LogP contribution in [0.15, 0.2) is 69.9 Å². The molecule has 0 saturated heterocycles. The number of aromatic nitrogens is 1. The number of amidine groups is 1. The van der Waals surface area contributed by atoms with Crippen LogP contribution in [0.2, 0.25) is 0 Å². The molecule has 0 amide bonds. The molecule has 0 radical (unpaired) electrons.